The topological polar surface area (TPSA) is 41.1 Å². The van der Waals surface area contributed by atoms with E-state index in [4.69, 9.17) is 0 Å². The summed E-state index contributed by atoms with van der Waals surface area (Å²) in [6.45, 7) is 3.75. The maximum Gasteiger partial charge on any atom is 0.205 e. The van der Waals surface area contributed by atoms with Crippen LogP contribution in [-0.2, 0) is 0 Å². The van der Waals surface area contributed by atoms with Gasteiger partial charge in [0, 0.05) is 37.7 Å². The van der Waals surface area contributed by atoms with Gasteiger partial charge in [0.15, 0.2) is 5.82 Å². The maximum absolute atomic E-state index is 13.6. The highest BCUT2D eigenvalue weighted by molar-refractivity contribution is 7.09. The predicted molar refractivity (Wildman–Crippen MR) is 77.6 cm³/mol. The lowest BCUT2D eigenvalue weighted by Gasteiger charge is -2.26. The molecular weight excluding hydrogens is 287 g/mol. The van der Waals surface area contributed by atoms with Crippen LogP contribution < -0.4 is 10.2 Å². The molecule has 4 nitrogen and oxygen atoms in total. The molecule has 0 saturated carbocycles. The van der Waals surface area contributed by atoms with Crippen molar-refractivity contribution in [3.63, 3.8) is 0 Å². The van der Waals surface area contributed by atoms with E-state index < -0.39 is 0 Å². The van der Waals surface area contributed by atoms with Crippen LogP contribution in [0.15, 0.2) is 24.3 Å². The molecule has 0 radical (unpaired) electrons. The van der Waals surface area contributed by atoms with E-state index in [0.717, 1.165) is 31.3 Å². The van der Waals surface area contributed by atoms with Gasteiger partial charge in [0.1, 0.15) is 5.82 Å². The van der Waals surface area contributed by atoms with Crippen LogP contribution in [0, 0.1) is 5.82 Å². The Kier molecular flexibility index (Phi) is 4.68. The lowest BCUT2D eigenvalue weighted by molar-refractivity contribution is 0.588. The molecule has 0 atom stereocenters. The Morgan fingerprint density at radius 2 is 1.95 bits per heavy atom. The van der Waals surface area contributed by atoms with Gasteiger partial charge in [0.2, 0.25) is 5.13 Å². The van der Waals surface area contributed by atoms with E-state index in [2.05, 4.69) is 19.6 Å². The summed E-state index contributed by atoms with van der Waals surface area (Å²) >= 11 is 1.33. The fourth-order valence-corrected chi connectivity index (χ4v) is 2.68. The van der Waals surface area contributed by atoms with Gasteiger partial charge in [0.25, 0.3) is 0 Å². The van der Waals surface area contributed by atoms with Gasteiger partial charge in [-0.1, -0.05) is 12.1 Å². The number of benzene rings is 1. The van der Waals surface area contributed by atoms with Crippen LogP contribution in [0.1, 0.15) is 0 Å². The number of piperazine rings is 1. The Labute approximate surface area is 121 Å². The molecule has 1 aromatic heterocycles. The second-order valence-electron chi connectivity index (χ2n) is 4.12. The normalized spacial score (nSPS) is 15.1. The molecular formula is C12H14ClFN4S. The molecule has 0 amide bonds. The van der Waals surface area contributed by atoms with Crippen molar-refractivity contribution in [1.82, 2.24) is 14.7 Å². The zero-order chi connectivity index (χ0) is 12.4. The first-order valence-electron chi connectivity index (χ1n) is 5.89. The van der Waals surface area contributed by atoms with Gasteiger partial charge in [-0.2, -0.15) is 9.36 Å². The van der Waals surface area contributed by atoms with Crippen LogP contribution in [0.4, 0.5) is 9.52 Å². The fraction of sp³-hybridized carbons (Fsp3) is 0.333. The first kappa shape index (κ1) is 14.2. The summed E-state index contributed by atoms with van der Waals surface area (Å²) in [5.74, 6) is 0.203. The summed E-state index contributed by atoms with van der Waals surface area (Å²) in [5.41, 5.74) is 0.468. The maximum atomic E-state index is 13.6. The Bertz CT molecular complexity index is 542. The molecule has 1 fully saturated rings. The van der Waals surface area contributed by atoms with Crippen molar-refractivity contribution in [3.05, 3.63) is 30.1 Å². The molecule has 1 aliphatic heterocycles. The molecule has 19 heavy (non-hydrogen) atoms. The van der Waals surface area contributed by atoms with E-state index in [-0.39, 0.29) is 18.2 Å². The zero-order valence-electron chi connectivity index (χ0n) is 10.2. The van der Waals surface area contributed by atoms with Crippen LogP contribution in [0.25, 0.3) is 11.4 Å². The van der Waals surface area contributed by atoms with Gasteiger partial charge in [-0.25, -0.2) is 4.39 Å². The summed E-state index contributed by atoms with van der Waals surface area (Å²) < 4.78 is 17.9. The molecule has 1 N–H and O–H groups in total. The second kappa shape index (κ2) is 6.27. The lowest BCUT2D eigenvalue weighted by Crippen LogP contribution is -2.43. The Morgan fingerprint density at radius 1 is 1.21 bits per heavy atom. The van der Waals surface area contributed by atoms with E-state index >= 15 is 0 Å². The first-order chi connectivity index (χ1) is 8.84. The van der Waals surface area contributed by atoms with Crippen LogP contribution in [0.2, 0.25) is 0 Å². The summed E-state index contributed by atoms with van der Waals surface area (Å²) in [4.78, 5) is 6.61. The van der Waals surface area contributed by atoms with Crippen LogP contribution in [0.5, 0.6) is 0 Å². The molecule has 0 spiro atoms. The standard InChI is InChI=1S/C12H13FN4S.ClH/c13-10-4-2-1-3-9(10)11-15-12(18-16-11)17-7-5-14-6-8-17;/h1-4,14H,5-8H2;1H. The Balaban J connectivity index is 0.00000133. The Hall–Kier alpha value is -1.24. The molecule has 0 bridgehead atoms. The molecule has 0 aliphatic carbocycles. The predicted octanol–water partition coefficient (Wildman–Crippen LogP) is 2.18. The van der Waals surface area contributed by atoms with E-state index in [0.29, 0.717) is 11.4 Å². The lowest BCUT2D eigenvalue weighted by atomic mass is 10.2. The van der Waals surface area contributed by atoms with Crippen LogP contribution in [-0.4, -0.2) is 35.5 Å². The molecule has 2 aromatic rings. The molecule has 1 saturated heterocycles. The van der Waals surface area contributed by atoms with Gasteiger partial charge in [-0.15, -0.1) is 12.4 Å². The molecule has 2 heterocycles. The number of nitrogens with one attached hydrogen (secondary N) is 1. The van der Waals surface area contributed by atoms with Crippen molar-refractivity contribution in [3.8, 4) is 11.4 Å². The quantitative estimate of drug-likeness (QED) is 0.923. The van der Waals surface area contributed by atoms with Gasteiger partial charge >= 0.3 is 0 Å². The highest BCUT2D eigenvalue weighted by Crippen LogP contribution is 2.25. The highest BCUT2D eigenvalue weighted by atomic mass is 35.5. The van der Waals surface area contributed by atoms with Gasteiger partial charge < -0.3 is 10.2 Å². The van der Waals surface area contributed by atoms with Crippen molar-refractivity contribution in [2.45, 2.75) is 0 Å². The number of anilines is 1. The fourth-order valence-electron chi connectivity index (χ4n) is 1.95. The van der Waals surface area contributed by atoms with Gasteiger partial charge in [0.05, 0.1) is 5.56 Å². The third kappa shape index (κ3) is 3.02. The van der Waals surface area contributed by atoms with Crippen molar-refractivity contribution >= 4 is 29.1 Å². The molecule has 1 aliphatic rings. The average Bonchev–Trinajstić information content (AvgIpc) is 2.90. The number of hydrogen-bond acceptors (Lipinski definition) is 5. The SMILES string of the molecule is Cl.Fc1ccccc1-c1nsc(N2CCNCC2)n1. The number of nitrogens with zero attached hydrogens (tertiary/aromatic N) is 3. The van der Waals surface area contributed by atoms with Crippen LogP contribution in [0.3, 0.4) is 0 Å². The van der Waals surface area contributed by atoms with E-state index in [9.17, 15) is 4.39 Å². The van der Waals surface area contributed by atoms with Crippen molar-refractivity contribution in [1.29, 1.82) is 0 Å². The number of rotatable bonds is 2. The molecule has 0 unspecified atom stereocenters. The van der Waals surface area contributed by atoms with Crippen molar-refractivity contribution < 1.29 is 4.39 Å². The second-order valence-corrected chi connectivity index (χ2v) is 4.85. The third-order valence-corrected chi connectivity index (χ3v) is 3.69. The van der Waals surface area contributed by atoms with Crippen molar-refractivity contribution in [2.75, 3.05) is 31.1 Å². The monoisotopic (exact) mass is 300 g/mol. The van der Waals surface area contributed by atoms with E-state index in [1.165, 1.54) is 17.6 Å². The van der Waals surface area contributed by atoms with Gasteiger partial charge in [-0.3, -0.25) is 0 Å². The van der Waals surface area contributed by atoms with Crippen LogP contribution >= 0.6 is 23.9 Å². The minimum atomic E-state index is -0.276. The minimum absolute atomic E-state index is 0. The van der Waals surface area contributed by atoms with E-state index in [1.807, 2.05) is 0 Å². The summed E-state index contributed by atoms with van der Waals surface area (Å²) in [6.07, 6.45) is 0. The summed E-state index contributed by atoms with van der Waals surface area (Å²) in [7, 11) is 0. The van der Waals surface area contributed by atoms with Gasteiger partial charge in [-0.05, 0) is 12.1 Å². The number of hydrogen-bond donors (Lipinski definition) is 1. The molecule has 102 valence electrons. The average molecular weight is 301 g/mol. The minimum Gasteiger partial charge on any atom is -0.344 e. The number of aromatic nitrogens is 2. The number of halogens is 2. The molecule has 1 aromatic carbocycles. The van der Waals surface area contributed by atoms with E-state index in [1.54, 1.807) is 18.2 Å². The molecule has 7 heteroatoms. The third-order valence-electron chi connectivity index (χ3n) is 2.92. The molecule has 3 rings (SSSR count). The van der Waals surface area contributed by atoms with Crippen molar-refractivity contribution in [2.24, 2.45) is 0 Å². The highest BCUT2D eigenvalue weighted by Gasteiger charge is 2.16. The Morgan fingerprint density at radius 3 is 2.68 bits per heavy atom. The summed E-state index contributed by atoms with van der Waals surface area (Å²) in [6, 6.07) is 6.60. The zero-order valence-corrected chi connectivity index (χ0v) is 11.8. The first-order valence-corrected chi connectivity index (χ1v) is 6.66. The smallest absolute Gasteiger partial charge is 0.205 e. The summed E-state index contributed by atoms with van der Waals surface area (Å²) in [5, 5.41) is 4.16. The largest absolute Gasteiger partial charge is 0.344 e.